The monoisotopic (exact) mass is 381 g/mol. The van der Waals surface area contributed by atoms with Gasteiger partial charge >= 0.3 is 0 Å². The van der Waals surface area contributed by atoms with Crippen LogP contribution in [0.25, 0.3) is 5.69 Å². The molecule has 1 aromatic carbocycles. The Morgan fingerprint density at radius 3 is 2.88 bits per heavy atom. The molecule has 0 spiro atoms. The molecule has 0 N–H and O–H groups in total. The molecule has 0 saturated carbocycles. The van der Waals surface area contributed by atoms with Gasteiger partial charge in [0.25, 0.3) is 5.91 Å². The summed E-state index contributed by atoms with van der Waals surface area (Å²) in [4.78, 5) is 14.4. The van der Waals surface area contributed by atoms with Gasteiger partial charge in [-0.05, 0) is 49.9 Å². The Morgan fingerprint density at radius 2 is 2.20 bits per heavy atom. The minimum Gasteiger partial charge on any atom is -0.381 e. The molecule has 0 unspecified atom stereocenters. The second-order valence-electron chi connectivity index (χ2n) is 6.45. The molecule has 2 aromatic rings. The van der Waals surface area contributed by atoms with Gasteiger partial charge in [0.2, 0.25) is 0 Å². The number of halogens is 2. The molecule has 2 heterocycles. The van der Waals surface area contributed by atoms with Crippen molar-refractivity contribution in [3.05, 3.63) is 45.7 Å². The summed E-state index contributed by atoms with van der Waals surface area (Å²) in [6.07, 6.45) is 2.14. The van der Waals surface area contributed by atoms with E-state index in [-0.39, 0.29) is 5.91 Å². The molecule has 1 aliphatic rings. The fourth-order valence-electron chi connectivity index (χ4n) is 3.09. The van der Waals surface area contributed by atoms with E-state index in [2.05, 4.69) is 5.10 Å². The molecule has 0 bridgehead atoms. The first kappa shape index (κ1) is 18.2. The third-order valence-electron chi connectivity index (χ3n) is 4.38. The Balaban J connectivity index is 1.77. The van der Waals surface area contributed by atoms with E-state index in [1.165, 1.54) is 0 Å². The third-order valence-corrected chi connectivity index (χ3v) is 4.92. The fourth-order valence-corrected chi connectivity index (χ4v) is 3.58. The number of carbonyl (C=O) groups is 1. The minimum atomic E-state index is -0.0995. The van der Waals surface area contributed by atoms with Gasteiger partial charge in [0.1, 0.15) is 0 Å². The molecule has 1 fully saturated rings. The molecule has 25 heavy (non-hydrogen) atoms. The second kappa shape index (κ2) is 7.77. The van der Waals surface area contributed by atoms with Crippen LogP contribution >= 0.6 is 23.2 Å². The van der Waals surface area contributed by atoms with E-state index < -0.39 is 0 Å². The molecule has 1 atom stereocenters. The highest BCUT2D eigenvalue weighted by Gasteiger charge is 2.22. The van der Waals surface area contributed by atoms with E-state index in [1.807, 2.05) is 6.92 Å². The van der Waals surface area contributed by atoms with Crippen molar-refractivity contribution in [3.8, 4) is 5.69 Å². The number of aromatic nitrogens is 2. The molecule has 5 nitrogen and oxygen atoms in total. The first-order valence-corrected chi connectivity index (χ1v) is 9.06. The number of aryl methyl sites for hydroxylation is 1. The minimum absolute atomic E-state index is 0.0995. The van der Waals surface area contributed by atoms with E-state index in [0.717, 1.165) is 25.1 Å². The number of hydrogen-bond donors (Lipinski definition) is 0. The van der Waals surface area contributed by atoms with E-state index in [9.17, 15) is 4.79 Å². The maximum Gasteiger partial charge on any atom is 0.274 e. The predicted molar refractivity (Wildman–Crippen MR) is 98.8 cm³/mol. The molecule has 1 aliphatic heterocycles. The normalized spacial score (nSPS) is 17.5. The lowest BCUT2D eigenvalue weighted by Crippen LogP contribution is -2.35. The van der Waals surface area contributed by atoms with Crippen LogP contribution in [0.2, 0.25) is 10.0 Å². The van der Waals surface area contributed by atoms with E-state index >= 15 is 0 Å². The van der Waals surface area contributed by atoms with Crippen molar-refractivity contribution in [3.63, 3.8) is 0 Å². The summed E-state index contributed by atoms with van der Waals surface area (Å²) in [5.74, 6) is 0.286. The Morgan fingerprint density at radius 1 is 1.40 bits per heavy atom. The molecule has 7 heteroatoms. The van der Waals surface area contributed by atoms with Crippen LogP contribution in [-0.2, 0) is 4.74 Å². The number of nitrogens with zero attached hydrogens (tertiary/aromatic N) is 3. The number of amides is 1. The molecule has 0 radical (unpaired) electrons. The summed E-state index contributed by atoms with van der Waals surface area (Å²) in [5, 5.41) is 5.50. The van der Waals surface area contributed by atoms with Crippen LogP contribution in [0.3, 0.4) is 0 Å². The van der Waals surface area contributed by atoms with Crippen molar-refractivity contribution >= 4 is 29.1 Å². The van der Waals surface area contributed by atoms with Crippen LogP contribution in [0.15, 0.2) is 24.3 Å². The van der Waals surface area contributed by atoms with Crippen LogP contribution in [0.1, 0.15) is 29.0 Å². The summed E-state index contributed by atoms with van der Waals surface area (Å²) in [6, 6.07) is 6.99. The Bertz CT molecular complexity index is 770. The van der Waals surface area contributed by atoms with Crippen LogP contribution in [-0.4, -0.2) is 47.4 Å². The van der Waals surface area contributed by atoms with E-state index in [4.69, 9.17) is 27.9 Å². The number of carbonyl (C=O) groups excluding carboxylic acids is 1. The molecule has 134 valence electrons. The molecular weight excluding hydrogens is 361 g/mol. The summed E-state index contributed by atoms with van der Waals surface area (Å²) in [5.41, 5.74) is 1.94. The Hall–Kier alpha value is -1.56. The lowest BCUT2D eigenvalue weighted by Gasteiger charge is -2.26. The quantitative estimate of drug-likeness (QED) is 0.804. The number of rotatable bonds is 4. The van der Waals surface area contributed by atoms with Gasteiger partial charge in [0, 0.05) is 30.9 Å². The average molecular weight is 382 g/mol. The summed E-state index contributed by atoms with van der Waals surface area (Å²) in [6.45, 7) is 4.10. The van der Waals surface area contributed by atoms with Crippen molar-refractivity contribution in [2.45, 2.75) is 19.8 Å². The molecule has 1 aromatic heterocycles. The van der Waals surface area contributed by atoms with Gasteiger partial charge in [0.15, 0.2) is 5.69 Å². The maximum absolute atomic E-state index is 12.7. The average Bonchev–Trinajstić information content (AvgIpc) is 2.96. The molecular formula is C18H21Cl2N3O2. The van der Waals surface area contributed by atoms with E-state index in [1.54, 1.807) is 40.9 Å². The highest BCUT2D eigenvalue weighted by atomic mass is 35.5. The van der Waals surface area contributed by atoms with Gasteiger partial charge in [0.05, 0.1) is 17.3 Å². The lowest BCUT2D eigenvalue weighted by atomic mass is 10.0. The first-order valence-electron chi connectivity index (χ1n) is 8.31. The van der Waals surface area contributed by atoms with Gasteiger partial charge in [-0.1, -0.05) is 23.2 Å². The molecule has 3 rings (SSSR count). The zero-order chi connectivity index (χ0) is 18.0. The standard InChI is InChI=1S/C18H21Cl2N3O2/c1-12-8-16(18(24)22(2)10-13-4-3-7-25-11-13)21-23(12)17-6-5-14(19)9-15(17)20/h5-6,8-9,13H,3-4,7,10-11H2,1-2H3/t13-/m1/s1. The largest absolute Gasteiger partial charge is 0.381 e. The van der Waals surface area contributed by atoms with Crippen molar-refractivity contribution in [2.75, 3.05) is 26.8 Å². The highest BCUT2D eigenvalue weighted by molar-refractivity contribution is 6.35. The van der Waals surface area contributed by atoms with Crippen LogP contribution in [0.5, 0.6) is 0 Å². The summed E-state index contributed by atoms with van der Waals surface area (Å²) < 4.78 is 7.16. The summed E-state index contributed by atoms with van der Waals surface area (Å²) >= 11 is 12.2. The fraction of sp³-hybridized carbons (Fsp3) is 0.444. The Labute approximate surface area is 157 Å². The zero-order valence-electron chi connectivity index (χ0n) is 14.3. The molecule has 1 saturated heterocycles. The van der Waals surface area contributed by atoms with Gasteiger partial charge in [-0.25, -0.2) is 4.68 Å². The smallest absolute Gasteiger partial charge is 0.274 e. The SMILES string of the molecule is Cc1cc(C(=O)N(C)C[C@H]2CCCOC2)nn1-c1ccc(Cl)cc1Cl. The van der Waals surface area contributed by atoms with Crippen molar-refractivity contribution in [1.82, 2.24) is 14.7 Å². The maximum atomic E-state index is 12.7. The van der Waals surface area contributed by atoms with Gasteiger partial charge in [-0.15, -0.1) is 0 Å². The van der Waals surface area contributed by atoms with Gasteiger partial charge in [-0.3, -0.25) is 4.79 Å². The van der Waals surface area contributed by atoms with E-state index in [0.29, 0.717) is 40.5 Å². The van der Waals surface area contributed by atoms with Crippen molar-refractivity contribution < 1.29 is 9.53 Å². The lowest BCUT2D eigenvalue weighted by molar-refractivity contribution is 0.0386. The van der Waals surface area contributed by atoms with Crippen LogP contribution < -0.4 is 0 Å². The van der Waals surface area contributed by atoms with Gasteiger partial charge in [-0.2, -0.15) is 5.10 Å². The number of hydrogen-bond acceptors (Lipinski definition) is 3. The van der Waals surface area contributed by atoms with Gasteiger partial charge < -0.3 is 9.64 Å². The van der Waals surface area contributed by atoms with Crippen molar-refractivity contribution in [2.24, 2.45) is 5.92 Å². The zero-order valence-corrected chi connectivity index (χ0v) is 15.8. The second-order valence-corrected chi connectivity index (χ2v) is 7.29. The molecule has 1 amide bonds. The van der Waals surface area contributed by atoms with Crippen LogP contribution in [0.4, 0.5) is 0 Å². The third kappa shape index (κ3) is 4.17. The first-order chi connectivity index (χ1) is 12.0. The highest BCUT2D eigenvalue weighted by Crippen LogP contribution is 2.25. The number of benzene rings is 1. The predicted octanol–water partition coefficient (Wildman–Crippen LogP) is 3.99. The Kier molecular flexibility index (Phi) is 5.67. The summed E-state index contributed by atoms with van der Waals surface area (Å²) in [7, 11) is 1.81. The molecule has 0 aliphatic carbocycles. The van der Waals surface area contributed by atoms with Crippen molar-refractivity contribution in [1.29, 1.82) is 0 Å². The topological polar surface area (TPSA) is 47.4 Å². The van der Waals surface area contributed by atoms with Crippen LogP contribution in [0, 0.1) is 12.8 Å². The number of ether oxygens (including phenoxy) is 1.